The highest BCUT2D eigenvalue weighted by Crippen LogP contribution is 2.50. The molecule has 3 rings (SSSR count). The Morgan fingerprint density at radius 2 is 2.00 bits per heavy atom. The number of ether oxygens (including phenoxy) is 1. The standard InChI is InChI=1S/C9H10ClN2O7P.H3N/c10-6-7(11-9(14)12-8(6)13)4-1-3-5(18-4)2-17-20(15,16)19-3;/h3-5H,1-2H2,(H,15,16)(H2,11,12,13,14);1H3/t3?,4-,5?;/m1./s1. The molecular formula is C9H13ClN3O7P. The maximum Gasteiger partial charge on any atom is 0.326 e. The smallest absolute Gasteiger partial charge is 0.326 e. The molecule has 0 bridgehead atoms. The second-order valence-electron chi connectivity index (χ2n) is 4.42. The summed E-state index contributed by atoms with van der Waals surface area (Å²) in [6.07, 6.45) is -1.93. The van der Waals surface area contributed by atoms with Gasteiger partial charge in [-0.05, 0) is 0 Å². The third-order valence-corrected chi connectivity index (χ3v) is 4.46. The first-order valence-electron chi connectivity index (χ1n) is 5.67. The molecule has 4 atom stereocenters. The van der Waals surface area contributed by atoms with Gasteiger partial charge < -0.3 is 29.8 Å². The fraction of sp³-hybridized carbons (Fsp3) is 0.556. The van der Waals surface area contributed by atoms with E-state index in [1.807, 2.05) is 4.98 Å². The minimum Gasteiger partial charge on any atom is -0.756 e. The highest BCUT2D eigenvalue weighted by atomic mass is 35.5. The van der Waals surface area contributed by atoms with Crippen molar-refractivity contribution >= 4 is 19.4 Å². The number of phosphoric acid groups is 1. The Hall–Kier alpha value is -1.00. The average Bonchev–Trinajstić information content (AvgIpc) is 2.74. The minimum absolute atomic E-state index is 0. The third kappa shape index (κ3) is 3.11. The third-order valence-electron chi connectivity index (χ3n) is 3.09. The van der Waals surface area contributed by atoms with Crippen molar-refractivity contribution in [1.82, 2.24) is 16.1 Å². The van der Waals surface area contributed by atoms with E-state index in [0.717, 1.165) is 0 Å². The molecule has 0 aromatic carbocycles. The van der Waals surface area contributed by atoms with Gasteiger partial charge in [-0.3, -0.25) is 14.3 Å². The van der Waals surface area contributed by atoms with E-state index in [1.165, 1.54) is 0 Å². The summed E-state index contributed by atoms with van der Waals surface area (Å²) in [5, 5.41) is -0.209. The zero-order valence-corrected chi connectivity index (χ0v) is 12.5. The molecule has 0 radical (unpaired) electrons. The fourth-order valence-corrected chi connectivity index (χ4v) is 3.39. The molecule has 1 aromatic rings. The van der Waals surface area contributed by atoms with E-state index >= 15 is 0 Å². The lowest BCUT2D eigenvalue weighted by Gasteiger charge is -2.33. The number of aromatic amines is 2. The quantitative estimate of drug-likeness (QED) is 0.594. The molecule has 0 amide bonds. The van der Waals surface area contributed by atoms with Gasteiger partial charge in [0.15, 0.2) is 0 Å². The minimum atomic E-state index is -4.31. The van der Waals surface area contributed by atoms with Crippen molar-refractivity contribution in [2.45, 2.75) is 24.7 Å². The number of nitrogens with one attached hydrogen (secondary N) is 2. The van der Waals surface area contributed by atoms with Crippen LogP contribution in [0.5, 0.6) is 0 Å². The predicted octanol–water partition coefficient (Wildman–Crippen LogP) is -0.193. The Morgan fingerprint density at radius 3 is 2.71 bits per heavy atom. The maximum absolute atomic E-state index is 11.4. The molecule has 2 aliphatic heterocycles. The van der Waals surface area contributed by atoms with E-state index in [1.54, 1.807) is 0 Å². The second-order valence-corrected chi connectivity index (χ2v) is 6.16. The molecule has 10 nitrogen and oxygen atoms in total. The van der Waals surface area contributed by atoms with E-state index in [0.29, 0.717) is 0 Å². The van der Waals surface area contributed by atoms with Gasteiger partial charge in [-0.25, -0.2) is 4.79 Å². The van der Waals surface area contributed by atoms with Crippen LogP contribution in [0.15, 0.2) is 9.59 Å². The summed E-state index contributed by atoms with van der Waals surface area (Å²) in [6.45, 7) is -0.174. The molecule has 0 aliphatic carbocycles. The van der Waals surface area contributed by atoms with Crippen molar-refractivity contribution in [3.63, 3.8) is 0 Å². The van der Waals surface area contributed by atoms with Crippen LogP contribution < -0.4 is 22.3 Å². The number of aromatic nitrogens is 2. The van der Waals surface area contributed by atoms with Gasteiger partial charge in [-0.15, -0.1) is 0 Å². The second kappa shape index (κ2) is 5.65. The Bertz CT molecular complexity index is 703. The van der Waals surface area contributed by atoms with Crippen molar-refractivity contribution in [2.24, 2.45) is 0 Å². The van der Waals surface area contributed by atoms with Crippen LogP contribution in [0.25, 0.3) is 0 Å². The fourth-order valence-electron chi connectivity index (χ4n) is 2.23. The number of hydrogen-bond acceptors (Lipinski definition) is 7. The first kappa shape index (κ1) is 16.4. The number of quaternary nitrogens is 1. The number of halogens is 1. The molecule has 0 saturated carbocycles. The number of hydrogen-bond donors (Lipinski definition) is 3. The maximum atomic E-state index is 11.4. The molecule has 118 valence electrons. The Kier molecular flexibility index (Phi) is 4.41. The molecule has 2 saturated heterocycles. The number of rotatable bonds is 1. The van der Waals surface area contributed by atoms with E-state index in [4.69, 9.17) is 20.9 Å². The zero-order valence-electron chi connectivity index (χ0n) is 10.8. The summed E-state index contributed by atoms with van der Waals surface area (Å²) < 4.78 is 26.0. The van der Waals surface area contributed by atoms with E-state index in [9.17, 15) is 19.0 Å². The van der Waals surface area contributed by atoms with Crippen LogP contribution in [-0.2, 0) is 18.3 Å². The monoisotopic (exact) mass is 341 g/mol. The van der Waals surface area contributed by atoms with Crippen molar-refractivity contribution in [3.05, 3.63) is 31.6 Å². The molecule has 12 heteroatoms. The van der Waals surface area contributed by atoms with E-state index < -0.39 is 37.4 Å². The van der Waals surface area contributed by atoms with Crippen LogP contribution in [-0.4, -0.2) is 28.8 Å². The lowest BCUT2D eigenvalue weighted by Crippen LogP contribution is -2.35. The zero-order chi connectivity index (χ0) is 14.5. The molecule has 21 heavy (non-hydrogen) atoms. The molecular weight excluding hydrogens is 329 g/mol. The van der Waals surface area contributed by atoms with Crippen molar-refractivity contribution < 1.29 is 23.2 Å². The summed E-state index contributed by atoms with van der Waals surface area (Å²) in [6, 6.07) is 0. The van der Waals surface area contributed by atoms with Gasteiger partial charge in [0, 0.05) is 6.42 Å². The predicted molar refractivity (Wildman–Crippen MR) is 69.3 cm³/mol. The summed E-state index contributed by atoms with van der Waals surface area (Å²) in [5.74, 6) is 0. The van der Waals surface area contributed by atoms with Crippen LogP contribution in [0.2, 0.25) is 5.02 Å². The molecule has 3 unspecified atom stereocenters. The van der Waals surface area contributed by atoms with Crippen LogP contribution in [0.1, 0.15) is 18.2 Å². The highest BCUT2D eigenvalue weighted by molar-refractivity contribution is 7.45. The molecule has 0 spiro atoms. The first-order valence-corrected chi connectivity index (χ1v) is 7.51. The lowest BCUT2D eigenvalue weighted by molar-refractivity contribution is -0.243. The van der Waals surface area contributed by atoms with Gasteiger partial charge in [-0.1, -0.05) is 11.6 Å². The van der Waals surface area contributed by atoms with Crippen LogP contribution >= 0.6 is 19.4 Å². The van der Waals surface area contributed by atoms with Crippen molar-refractivity contribution in [3.8, 4) is 0 Å². The largest absolute Gasteiger partial charge is 0.756 e. The topological polar surface area (TPSA) is 170 Å². The van der Waals surface area contributed by atoms with Gasteiger partial charge in [0.25, 0.3) is 13.4 Å². The van der Waals surface area contributed by atoms with Gasteiger partial charge in [-0.2, -0.15) is 0 Å². The first-order chi connectivity index (χ1) is 9.35. The van der Waals surface area contributed by atoms with E-state index in [-0.39, 0.29) is 29.9 Å². The molecule has 6 N–H and O–H groups in total. The lowest BCUT2D eigenvalue weighted by atomic mass is 10.1. The molecule has 3 heterocycles. The molecule has 1 aromatic heterocycles. The van der Waals surface area contributed by atoms with Crippen molar-refractivity contribution in [2.75, 3.05) is 6.61 Å². The number of phosphoric ester groups is 1. The Balaban J connectivity index is 0.00000161. The molecule has 2 fully saturated rings. The molecule has 2 aliphatic rings. The SMILES string of the molecule is O=c1[nH]c([C@H]2CC3OP(=O)([O-])OCC3O2)c(Cl)c(=O)[nH]1.[NH4+]. The van der Waals surface area contributed by atoms with Gasteiger partial charge in [0.05, 0.1) is 18.4 Å². The summed E-state index contributed by atoms with van der Waals surface area (Å²) in [4.78, 5) is 38.2. The summed E-state index contributed by atoms with van der Waals surface area (Å²) in [5.41, 5.74) is -1.37. The van der Waals surface area contributed by atoms with Gasteiger partial charge in [0.1, 0.15) is 17.2 Å². The number of fused-ring (bicyclic) bond motifs is 1. The van der Waals surface area contributed by atoms with Crippen LogP contribution in [0, 0.1) is 0 Å². The van der Waals surface area contributed by atoms with Gasteiger partial charge >= 0.3 is 5.69 Å². The van der Waals surface area contributed by atoms with Crippen molar-refractivity contribution in [1.29, 1.82) is 0 Å². The average molecular weight is 342 g/mol. The van der Waals surface area contributed by atoms with Gasteiger partial charge in [0.2, 0.25) is 0 Å². The summed E-state index contributed by atoms with van der Waals surface area (Å²) in [7, 11) is -4.31. The Labute approximate surface area is 122 Å². The number of H-pyrrole nitrogens is 2. The highest BCUT2D eigenvalue weighted by Gasteiger charge is 2.43. The Morgan fingerprint density at radius 1 is 1.29 bits per heavy atom. The summed E-state index contributed by atoms with van der Waals surface area (Å²) >= 11 is 5.82. The van der Waals surface area contributed by atoms with Crippen LogP contribution in [0.4, 0.5) is 0 Å². The normalized spacial score (nSPS) is 35.0. The van der Waals surface area contributed by atoms with E-state index in [2.05, 4.69) is 9.51 Å². The van der Waals surface area contributed by atoms with Crippen LogP contribution in [0.3, 0.4) is 0 Å².